The molecule has 0 fully saturated rings. The Morgan fingerprint density at radius 3 is 2.67 bits per heavy atom. The number of hydrogen-bond acceptors (Lipinski definition) is 7. The summed E-state index contributed by atoms with van der Waals surface area (Å²) in [4.78, 5) is 45.9. The van der Waals surface area contributed by atoms with Crippen LogP contribution in [0.25, 0.3) is 11.2 Å². The van der Waals surface area contributed by atoms with Gasteiger partial charge in [0.15, 0.2) is 23.0 Å². The molecule has 1 aliphatic heterocycles. The van der Waals surface area contributed by atoms with Crippen molar-refractivity contribution in [1.82, 2.24) is 29.3 Å². The number of imidazole rings is 1. The molecule has 0 bridgehead atoms. The third kappa shape index (κ3) is 4.49. The lowest BCUT2D eigenvalue weighted by Gasteiger charge is -2.09. The lowest BCUT2D eigenvalue weighted by Crippen LogP contribution is -2.40. The fourth-order valence-electron chi connectivity index (χ4n) is 4.26. The first-order valence-electron chi connectivity index (χ1n) is 11.9. The van der Waals surface area contributed by atoms with E-state index in [2.05, 4.69) is 25.5 Å². The molecular formula is C24H27N7O5. The number of nitrogens with one attached hydrogen (secondary N) is 3. The number of anilines is 1. The first kappa shape index (κ1) is 23.4. The summed E-state index contributed by atoms with van der Waals surface area (Å²) >= 11 is 0. The predicted molar refractivity (Wildman–Crippen MR) is 131 cm³/mol. The summed E-state index contributed by atoms with van der Waals surface area (Å²) in [6.07, 6.45) is 1.87. The van der Waals surface area contributed by atoms with E-state index in [0.29, 0.717) is 65.9 Å². The van der Waals surface area contributed by atoms with Crippen LogP contribution in [-0.4, -0.2) is 42.0 Å². The average Bonchev–Trinajstić information content (AvgIpc) is 3.59. The zero-order chi connectivity index (χ0) is 25.2. The van der Waals surface area contributed by atoms with Crippen molar-refractivity contribution >= 4 is 22.9 Å². The minimum Gasteiger partial charge on any atom is -0.454 e. The van der Waals surface area contributed by atoms with Gasteiger partial charge < -0.3 is 19.8 Å². The zero-order valence-electron chi connectivity index (χ0n) is 20.1. The number of H-pyrrole nitrogens is 2. The molecule has 4 heterocycles. The summed E-state index contributed by atoms with van der Waals surface area (Å²) in [5, 5.41) is 9.82. The third-order valence-corrected chi connectivity index (χ3v) is 5.86. The molecular weight excluding hydrogens is 466 g/mol. The maximum atomic E-state index is 12.9. The van der Waals surface area contributed by atoms with Crippen LogP contribution in [0.15, 0.2) is 33.9 Å². The number of benzene rings is 1. The Morgan fingerprint density at radius 1 is 1.08 bits per heavy atom. The molecule has 0 spiro atoms. The molecule has 1 aromatic carbocycles. The summed E-state index contributed by atoms with van der Waals surface area (Å²) in [5.74, 6) is 1.95. The van der Waals surface area contributed by atoms with Gasteiger partial charge in [0, 0.05) is 31.3 Å². The van der Waals surface area contributed by atoms with Crippen LogP contribution in [0.4, 0.5) is 5.82 Å². The molecule has 0 radical (unpaired) electrons. The third-order valence-electron chi connectivity index (χ3n) is 5.86. The number of hydrogen-bond donors (Lipinski definition) is 3. The summed E-state index contributed by atoms with van der Waals surface area (Å²) in [5.41, 5.74) is 1.42. The number of fused-ring (bicyclic) bond motifs is 2. The van der Waals surface area contributed by atoms with Crippen molar-refractivity contribution in [2.75, 3.05) is 12.1 Å². The van der Waals surface area contributed by atoms with Crippen molar-refractivity contribution in [1.29, 1.82) is 0 Å². The lowest BCUT2D eigenvalue weighted by molar-refractivity contribution is -0.115. The highest BCUT2D eigenvalue weighted by atomic mass is 16.7. The number of ether oxygens (including phenoxy) is 2. The topological polar surface area (TPSA) is 149 Å². The summed E-state index contributed by atoms with van der Waals surface area (Å²) in [6.45, 7) is 4.88. The molecule has 188 valence electrons. The van der Waals surface area contributed by atoms with Crippen LogP contribution in [0, 0.1) is 0 Å². The van der Waals surface area contributed by atoms with Gasteiger partial charge in [0.05, 0.1) is 6.42 Å². The molecule has 4 aromatic rings. The van der Waals surface area contributed by atoms with Crippen molar-refractivity contribution < 1.29 is 14.3 Å². The second-order valence-corrected chi connectivity index (χ2v) is 8.64. The number of aryl methyl sites for hydroxylation is 1. The molecule has 3 aromatic heterocycles. The summed E-state index contributed by atoms with van der Waals surface area (Å²) in [6, 6.07) is 7.09. The van der Waals surface area contributed by atoms with Gasteiger partial charge in [-0.3, -0.25) is 23.8 Å². The average molecular weight is 494 g/mol. The SMILES string of the molecule is CCCn1c(=O)c2[nH]c(Cc3cc(NC(=O)Cc4ccc5c(c4)OCO5)n[nH]3)nc2n(CCC)c1=O. The standard InChI is InChI=1S/C24H27N7O5/c1-3-7-30-22-21(23(33)31(8-4-2)24(30)34)26-18(27-22)11-15-12-19(29-28-15)25-20(32)10-14-5-6-16-17(9-14)36-13-35-16/h5-6,9,12H,3-4,7-8,10-11,13H2,1-2H3,(H,26,27)(H2,25,28,29,32). The van der Waals surface area contributed by atoms with E-state index >= 15 is 0 Å². The molecule has 1 aliphatic rings. The van der Waals surface area contributed by atoms with Crippen molar-refractivity contribution in [2.24, 2.45) is 0 Å². The van der Waals surface area contributed by atoms with Gasteiger partial charge in [-0.05, 0) is 30.5 Å². The van der Waals surface area contributed by atoms with Crippen LogP contribution in [0.1, 0.15) is 43.8 Å². The van der Waals surface area contributed by atoms with E-state index in [9.17, 15) is 14.4 Å². The number of carbonyl (C=O) groups is 1. The van der Waals surface area contributed by atoms with Crippen LogP contribution in [0.3, 0.4) is 0 Å². The maximum Gasteiger partial charge on any atom is 0.332 e. The Bertz CT molecular complexity index is 1540. The molecule has 36 heavy (non-hydrogen) atoms. The molecule has 0 unspecified atom stereocenters. The van der Waals surface area contributed by atoms with Gasteiger partial charge >= 0.3 is 5.69 Å². The van der Waals surface area contributed by atoms with Crippen LogP contribution in [0.5, 0.6) is 11.5 Å². The Morgan fingerprint density at radius 2 is 1.86 bits per heavy atom. The van der Waals surface area contributed by atoms with Gasteiger partial charge in [0.25, 0.3) is 5.56 Å². The highest BCUT2D eigenvalue weighted by Crippen LogP contribution is 2.32. The van der Waals surface area contributed by atoms with E-state index in [0.717, 1.165) is 12.0 Å². The first-order chi connectivity index (χ1) is 17.5. The zero-order valence-corrected chi connectivity index (χ0v) is 20.1. The molecule has 3 N–H and O–H groups in total. The Kier molecular flexibility index (Phi) is 6.32. The quantitative estimate of drug-likeness (QED) is 0.322. The van der Waals surface area contributed by atoms with Crippen LogP contribution < -0.4 is 26.0 Å². The van der Waals surface area contributed by atoms with E-state index in [4.69, 9.17) is 9.47 Å². The molecule has 12 nitrogen and oxygen atoms in total. The Hall–Kier alpha value is -4.35. The molecule has 0 aliphatic carbocycles. The molecule has 5 rings (SSSR count). The summed E-state index contributed by atoms with van der Waals surface area (Å²) < 4.78 is 13.4. The van der Waals surface area contributed by atoms with Gasteiger partial charge in [0.1, 0.15) is 11.3 Å². The van der Waals surface area contributed by atoms with Crippen molar-refractivity contribution in [3.63, 3.8) is 0 Å². The minimum atomic E-state index is -0.371. The number of amides is 1. The van der Waals surface area contributed by atoms with Gasteiger partial charge in [-0.25, -0.2) is 9.78 Å². The van der Waals surface area contributed by atoms with Crippen LogP contribution in [-0.2, 0) is 30.7 Å². The van der Waals surface area contributed by atoms with Crippen molar-refractivity contribution in [2.45, 2.75) is 52.6 Å². The number of aromatic amines is 2. The number of nitrogens with zero attached hydrogens (tertiary/aromatic N) is 4. The molecule has 0 atom stereocenters. The molecule has 0 saturated carbocycles. The Balaban J connectivity index is 1.31. The van der Waals surface area contributed by atoms with Gasteiger partial charge in [0.2, 0.25) is 12.7 Å². The van der Waals surface area contributed by atoms with Crippen LogP contribution in [0.2, 0.25) is 0 Å². The highest BCUT2D eigenvalue weighted by molar-refractivity contribution is 5.91. The summed E-state index contributed by atoms with van der Waals surface area (Å²) in [7, 11) is 0. The van der Waals surface area contributed by atoms with Crippen LogP contribution >= 0.6 is 0 Å². The first-order valence-corrected chi connectivity index (χ1v) is 11.9. The van der Waals surface area contributed by atoms with Crippen molar-refractivity contribution in [3.05, 3.63) is 62.2 Å². The largest absolute Gasteiger partial charge is 0.454 e. The monoisotopic (exact) mass is 493 g/mol. The van der Waals surface area contributed by atoms with E-state index in [1.807, 2.05) is 19.9 Å². The smallest absolute Gasteiger partial charge is 0.332 e. The lowest BCUT2D eigenvalue weighted by atomic mass is 10.1. The molecule has 12 heteroatoms. The minimum absolute atomic E-state index is 0.154. The fourth-order valence-corrected chi connectivity index (χ4v) is 4.26. The van der Waals surface area contributed by atoms with E-state index in [1.54, 1.807) is 22.8 Å². The van der Waals surface area contributed by atoms with Crippen molar-refractivity contribution in [3.8, 4) is 11.5 Å². The second-order valence-electron chi connectivity index (χ2n) is 8.64. The molecule has 1 amide bonds. The van der Waals surface area contributed by atoms with E-state index in [-0.39, 0.29) is 30.4 Å². The highest BCUT2D eigenvalue weighted by Gasteiger charge is 2.18. The number of aromatic nitrogens is 6. The Labute approximate surface area is 205 Å². The predicted octanol–water partition coefficient (Wildman–Crippen LogP) is 1.93. The normalized spacial score (nSPS) is 12.4. The second kappa shape index (κ2) is 9.72. The van der Waals surface area contributed by atoms with E-state index in [1.165, 1.54) is 4.57 Å². The van der Waals surface area contributed by atoms with Gasteiger partial charge in [-0.2, -0.15) is 5.10 Å². The fraction of sp³-hybridized carbons (Fsp3) is 0.375. The van der Waals surface area contributed by atoms with E-state index < -0.39 is 0 Å². The van der Waals surface area contributed by atoms with Gasteiger partial charge in [-0.15, -0.1) is 0 Å². The number of rotatable bonds is 9. The molecule has 0 saturated heterocycles. The van der Waals surface area contributed by atoms with Gasteiger partial charge in [-0.1, -0.05) is 19.9 Å². The maximum absolute atomic E-state index is 12.9. The number of carbonyl (C=O) groups excluding carboxylic acids is 1.